The maximum absolute atomic E-state index is 5.79. The highest BCUT2D eigenvalue weighted by Gasteiger charge is 2.32. The van der Waals surface area contributed by atoms with Gasteiger partial charge < -0.3 is 15.2 Å². The van der Waals surface area contributed by atoms with Crippen molar-refractivity contribution in [2.75, 3.05) is 26.9 Å². The highest BCUT2D eigenvalue weighted by atomic mass is 16.7. The molecule has 0 aliphatic carbocycles. The normalized spacial score (nSPS) is 26.8. The van der Waals surface area contributed by atoms with Gasteiger partial charge in [-0.25, -0.2) is 0 Å². The Hall–Kier alpha value is -1.26. The number of rotatable bonds is 2. The molecule has 2 atom stereocenters. The summed E-state index contributed by atoms with van der Waals surface area (Å²) in [5.41, 5.74) is 8.35. The van der Waals surface area contributed by atoms with Gasteiger partial charge in [-0.3, -0.25) is 4.90 Å². The Labute approximate surface area is 108 Å². The van der Waals surface area contributed by atoms with E-state index >= 15 is 0 Å². The van der Waals surface area contributed by atoms with E-state index in [4.69, 9.17) is 15.2 Å². The van der Waals surface area contributed by atoms with Crippen molar-refractivity contribution in [3.8, 4) is 11.5 Å². The van der Waals surface area contributed by atoms with Crippen LogP contribution in [0.5, 0.6) is 11.5 Å². The van der Waals surface area contributed by atoms with Crippen molar-refractivity contribution in [1.82, 2.24) is 4.90 Å². The Balaban J connectivity index is 1.93. The molecule has 1 saturated heterocycles. The predicted octanol–water partition coefficient (Wildman–Crippen LogP) is 1.68. The second kappa shape index (κ2) is 4.44. The minimum Gasteiger partial charge on any atom is -0.454 e. The Kier molecular flexibility index (Phi) is 2.92. The molecule has 3 rings (SSSR count). The number of nitrogens with two attached hydrogens (primary N) is 1. The van der Waals surface area contributed by atoms with Crippen LogP contribution in [0.3, 0.4) is 0 Å². The van der Waals surface area contributed by atoms with Gasteiger partial charge in [0.25, 0.3) is 0 Å². The first-order valence-electron chi connectivity index (χ1n) is 6.50. The lowest BCUT2D eigenvalue weighted by molar-refractivity contribution is 0.173. The average Bonchev–Trinajstić information content (AvgIpc) is 2.96. The minimum atomic E-state index is 0.339. The number of ether oxygens (including phenoxy) is 2. The molecule has 18 heavy (non-hydrogen) atoms. The van der Waals surface area contributed by atoms with Gasteiger partial charge in [0, 0.05) is 12.6 Å². The molecule has 1 aromatic rings. The van der Waals surface area contributed by atoms with Crippen LogP contribution in [0.25, 0.3) is 0 Å². The van der Waals surface area contributed by atoms with Crippen molar-refractivity contribution in [1.29, 1.82) is 0 Å². The minimum absolute atomic E-state index is 0.339. The van der Waals surface area contributed by atoms with Gasteiger partial charge >= 0.3 is 0 Å². The van der Waals surface area contributed by atoms with Crippen LogP contribution in [0, 0.1) is 12.8 Å². The van der Waals surface area contributed by atoms with Crippen molar-refractivity contribution >= 4 is 0 Å². The number of hydrogen-bond donors (Lipinski definition) is 1. The third-order valence-electron chi connectivity index (χ3n) is 4.16. The van der Waals surface area contributed by atoms with E-state index in [9.17, 15) is 0 Å². The van der Waals surface area contributed by atoms with Gasteiger partial charge in [0.05, 0.1) is 0 Å². The molecular weight excluding hydrogens is 228 g/mol. The molecule has 0 bridgehead atoms. The first kappa shape index (κ1) is 11.8. The van der Waals surface area contributed by atoms with Gasteiger partial charge in [-0.1, -0.05) is 6.07 Å². The van der Waals surface area contributed by atoms with E-state index in [0.29, 0.717) is 18.8 Å². The lowest BCUT2D eigenvalue weighted by Gasteiger charge is -2.22. The number of hydrogen-bond acceptors (Lipinski definition) is 4. The summed E-state index contributed by atoms with van der Waals surface area (Å²) in [5.74, 6) is 2.38. The lowest BCUT2D eigenvalue weighted by atomic mass is 9.95. The van der Waals surface area contributed by atoms with Gasteiger partial charge in [-0.05, 0) is 50.0 Å². The summed E-state index contributed by atoms with van der Waals surface area (Å²) in [6.07, 6.45) is 1.13. The molecule has 1 aromatic carbocycles. The molecular formula is C14H20N2O2. The van der Waals surface area contributed by atoms with Crippen molar-refractivity contribution in [2.24, 2.45) is 11.7 Å². The largest absolute Gasteiger partial charge is 0.454 e. The highest BCUT2D eigenvalue weighted by Crippen LogP contribution is 2.42. The van der Waals surface area contributed by atoms with Gasteiger partial charge in [0.15, 0.2) is 11.5 Å². The molecule has 0 saturated carbocycles. The number of likely N-dealkylation sites (tertiary alicyclic amines) is 1. The molecule has 4 heteroatoms. The first-order chi connectivity index (χ1) is 8.70. The molecule has 1 fully saturated rings. The molecule has 4 nitrogen and oxygen atoms in total. The van der Waals surface area contributed by atoms with Crippen molar-refractivity contribution in [3.63, 3.8) is 0 Å². The first-order valence-corrected chi connectivity index (χ1v) is 6.50. The van der Waals surface area contributed by atoms with Gasteiger partial charge in [-0.2, -0.15) is 0 Å². The summed E-state index contributed by atoms with van der Waals surface area (Å²) in [6, 6.07) is 4.64. The summed E-state index contributed by atoms with van der Waals surface area (Å²) in [6.45, 7) is 4.30. The third kappa shape index (κ3) is 1.76. The second-order valence-electron chi connectivity index (χ2n) is 5.31. The van der Waals surface area contributed by atoms with Gasteiger partial charge in [0.2, 0.25) is 6.79 Å². The van der Waals surface area contributed by atoms with Gasteiger partial charge in [-0.15, -0.1) is 0 Å². The summed E-state index contributed by atoms with van der Waals surface area (Å²) in [4.78, 5) is 2.39. The van der Waals surface area contributed by atoms with E-state index in [1.165, 1.54) is 11.1 Å². The van der Waals surface area contributed by atoms with Crippen molar-refractivity contribution < 1.29 is 9.47 Å². The third-order valence-corrected chi connectivity index (χ3v) is 4.16. The van der Waals surface area contributed by atoms with Crippen molar-refractivity contribution in [3.05, 3.63) is 23.3 Å². The van der Waals surface area contributed by atoms with E-state index in [0.717, 1.165) is 31.0 Å². The summed E-state index contributed by atoms with van der Waals surface area (Å²) < 4.78 is 11.0. The SMILES string of the molecule is Cc1c(C2CC(CN)CN2C)ccc2c1OCO2. The Morgan fingerprint density at radius 1 is 1.39 bits per heavy atom. The molecule has 2 aliphatic rings. The van der Waals surface area contributed by atoms with E-state index in [2.05, 4.69) is 24.9 Å². The fourth-order valence-corrected chi connectivity index (χ4v) is 3.13. The Morgan fingerprint density at radius 3 is 2.94 bits per heavy atom. The molecule has 98 valence electrons. The van der Waals surface area contributed by atoms with Crippen LogP contribution in [-0.2, 0) is 0 Å². The van der Waals surface area contributed by atoms with E-state index in [1.807, 2.05) is 6.07 Å². The molecule has 0 amide bonds. The average molecular weight is 248 g/mol. The Bertz CT molecular complexity index is 461. The zero-order chi connectivity index (χ0) is 12.7. The summed E-state index contributed by atoms with van der Waals surface area (Å²) >= 11 is 0. The second-order valence-corrected chi connectivity index (χ2v) is 5.31. The molecule has 2 unspecified atom stereocenters. The maximum Gasteiger partial charge on any atom is 0.231 e. The standard InChI is InChI=1S/C14H20N2O2/c1-9-11(3-4-13-14(9)18-8-17-13)12-5-10(6-15)7-16(12)2/h3-4,10,12H,5-8,15H2,1-2H3. The fraction of sp³-hybridized carbons (Fsp3) is 0.571. The highest BCUT2D eigenvalue weighted by molar-refractivity contribution is 5.52. The molecule has 0 aromatic heterocycles. The number of fused-ring (bicyclic) bond motifs is 1. The number of nitrogens with zero attached hydrogens (tertiary/aromatic N) is 1. The van der Waals surface area contributed by atoms with Crippen LogP contribution >= 0.6 is 0 Å². The van der Waals surface area contributed by atoms with Gasteiger partial charge in [0.1, 0.15) is 0 Å². The monoisotopic (exact) mass is 248 g/mol. The Morgan fingerprint density at radius 2 is 2.22 bits per heavy atom. The zero-order valence-electron chi connectivity index (χ0n) is 11.0. The topological polar surface area (TPSA) is 47.7 Å². The summed E-state index contributed by atoms with van der Waals surface area (Å²) in [5, 5.41) is 0. The van der Waals surface area contributed by atoms with Crippen LogP contribution < -0.4 is 15.2 Å². The van der Waals surface area contributed by atoms with Crippen LogP contribution in [0.15, 0.2) is 12.1 Å². The van der Waals surface area contributed by atoms with E-state index in [-0.39, 0.29) is 0 Å². The lowest BCUT2D eigenvalue weighted by Crippen LogP contribution is -2.21. The van der Waals surface area contributed by atoms with Crippen LogP contribution in [0.1, 0.15) is 23.6 Å². The maximum atomic E-state index is 5.79. The summed E-state index contributed by atoms with van der Waals surface area (Å²) in [7, 11) is 2.17. The zero-order valence-corrected chi connectivity index (χ0v) is 11.0. The molecule has 2 heterocycles. The quantitative estimate of drug-likeness (QED) is 0.865. The fourth-order valence-electron chi connectivity index (χ4n) is 3.13. The molecule has 2 aliphatic heterocycles. The predicted molar refractivity (Wildman–Crippen MR) is 69.8 cm³/mol. The van der Waals surface area contributed by atoms with E-state index in [1.54, 1.807) is 0 Å². The van der Waals surface area contributed by atoms with Crippen LogP contribution in [-0.4, -0.2) is 31.8 Å². The molecule has 0 spiro atoms. The van der Waals surface area contributed by atoms with Crippen LogP contribution in [0.4, 0.5) is 0 Å². The van der Waals surface area contributed by atoms with E-state index < -0.39 is 0 Å². The molecule has 0 radical (unpaired) electrons. The number of benzene rings is 1. The van der Waals surface area contributed by atoms with Crippen LogP contribution in [0.2, 0.25) is 0 Å². The smallest absolute Gasteiger partial charge is 0.231 e. The van der Waals surface area contributed by atoms with Crippen molar-refractivity contribution in [2.45, 2.75) is 19.4 Å². The molecule has 2 N–H and O–H groups in total.